The van der Waals surface area contributed by atoms with Crippen molar-refractivity contribution in [3.8, 4) is 0 Å². The number of aliphatic hydroxyl groups is 1. The van der Waals surface area contributed by atoms with Crippen LogP contribution in [0.4, 0.5) is 0 Å². The van der Waals surface area contributed by atoms with E-state index in [2.05, 4.69) is 26.6 Å². The molecular weight excluding hydrogens is 558 g/mol. The van der Waals surface area contributed by atoms with Crippen LogP contribution in [0.2, 0.25) is 0 Å². The Bertz CT molecular complexity index is 960. The number of hydrogen-bond acceptors (Lipinski definition) is 10. The molecule has 0 radical (unpaired) electrons. The molecule has 0 aliphatic carbocycles. The van der Waals surface area contributed by atoms with Gasteiger partial charge in [0.05, 0.1) is 18.7 Å². The van der Waals surface area contributed by atoms with Crippen molar-refractivity contribution in [3.63, 3.8) is 0 Å². The zero-order valence-electron chi connectivity index (χ0n) is 24.3. The van der Waals surface area contributed by atoms with Gasteiger partial charge in [-0.15, -0.1) is 0 Å². The Morgan fingerprint density at radius 3 is 1.86 bits per heavy atom. The molecule has 17 heteroatoms. The fourth-order valence-electron chi connectivity index (χ4n) is 3.45. The van der Waals surface area contributed by atoms with Crippen LogP contribution in [-0.2, 0) is 33.6 Å². The third-order valence-electron chi connectivity index (χ3n) is 6.12. The van der Waals surface area contributed by atoms with E-state index in [0.717, 1.165) is 0 Å². The lowest BCUT2D eigenvalue weighted by Crippen LogP contribution is -2.60. The highest BCUT2D eigenvalue weighted by molar-refractivity contribution is 5.95. The Labute approximate surface area is 243 Å². The topological polar surface area (TPSA) is 292 Å². The highest BCUT2D eigenvalue weighted by atomic mass is 16.4. The number of carboxylic acids is 2. The fourth-order valence-corrected chi connectivity index (χ4v) is 3.45. The van der Waals surface area contributed by atoms with Gasteiger partial charge in [-0.25, -0.2) is 4.79 Å². The van der Waals surface area contributed by atoms with Crippen LogP contribution in [0, 0.1) is 5.92 Å². The van der Waals surface area contributed by atoms with Crippen LogP contribution in [0.5, 0.6) is 0 Å². The maximum absolute atomic E-state index is 12.8. The van der Waals surface area contributed by atoms with E-state index in [9.17, 15) is 43.8 Å². The van der Waals surface area contributed by atoms with E-state index in [1.54, 1.807) is 13.8 Å². The van der Waals surface area contributed by atoms with Crippen molar-refractivity contribution in [1.82, 2.24) is 26.6 Å². The number of aliphatic carboxylic acids is 2. The minimum Gasteiger partial charge on any atom is -0.481 e. The average molecular weight is 604 g/mol. The molecule has 0 saturated carbocycles. The lowest BCUT2D eigenvalue weighted by Gasteiger charge is -2.26. The van der Waals surface area contributed by atoms with Crippen molar-refractivity contribution in [2.75, 3.05) is 13.1 Å². The summed E-state index contributed by atoms with van der Waals surface area (Å²) in [4.78, 5) is 85.1. The Hall–Kier alpha value is -3.83. The second kappa shape index (κ2) is 19.3. The van der Waals surface area contributed by atoms with Crippen LogP contribution in [-0.4, -0.2) is 106 Å². The Balaban J connectivity index is 5.29. The smallest absolute Gasteiger partial charge is 0.326 e. The molecule has 0 saturated heterocycles. The molecule has 0 aromatic carbocycles. The van der Waals surface area contributed by atoms with E-state index in [0.29, 0.717) is 19.4 Å². The van der Waals surface area contributed by atoms with Crippen LogP contribution >= 0.6 is 0 Å². The number of hydrogen-bond donors (Lipinski definition) is 10. The quantitative estimate of drug-likeness (QED) is 0.0607. The number of aliphatic hydroxyl groups excluding tert-OH is 1. The highest BCUT2D eigenvalue weighted by Gasteiger charge is 2.31. The summed E-state index contributed by atoms with van der Waals surface area (Å²) in [7, 11) is 0. The van der Waals surface area contributed by atoms with Crippen LogP contribution in [0.15, 0.2) is 0 Å². The lowest BCUT2D eigenvalue weighted by molar-refractivity contribution is -0.142. The van der Waals surface area contributed by atoms with Gasteiger partial charge in [-0.1, -0.05) is 13.8 Å². The number of carboxylic acid groups (broad SMARTS) is 2. The van der Waals surface area contributed by atoms with Crippen LogP contribution in [0.1, 0.15) is 59.8 Å². The van der Waals surface area contributed by atoms with E-state index >= 15 is 0 Å². The average Bonchev–Trinajstić information content (AvgIpc) is 2.90. The molecule has 0 aliphatic heterocycles. The predicted octanol–water partition coefficient (Wildman–Crippen LogP) is -3.50. The van der Waals surface area contributed by atoms with Crippen LogP contribution in [0.3, 0.4) is 0 Å². The van der Waals surface area contributed by atoms with Gasteiger partial charge in [-0.2, -0.15) is 0 Å². The first kappa shape index (κ1) is 38.2. The summed E-state index contributed by atoms with van der Waals surface area (Å²) in [6, 6.07) is -6.35. The summed E-state index contributed by atoms with van der Waals surface area (Å²) in [5.74, 6) is -7.05. The Morgan fingerprint density at radius 1 is 0.738 bits per heavy atom. The summed E-state index contributed by atoms with van der Waals surface area (Å²) in [5.41, 5.74) is 11.2. The predicted molar refractivity (Wildman–Crippen MR) is 148 cm³/mol. The summed E-state index contributed by atoms with van der Waals surface area (Å²) in [5, 5.41) is 39.7. The summed E-state index contributed by atoms with van der Waals surface area (Å²) < 4.78 is 0. The van der Waals surface area contributed by atoms with E-state index in [1.165, 1.54) is 13.8 Å². The molecule has 12 N–H and O–H groups in total. The molecule has 5 amide bonds. The first-order valence-corrected chi connectivity index (χ1v) is 13.6. The minimum atomic E-state index is -1.45. The van der Waals surface area contributed by atoms with Gasteiger partial charge in [0, 0.05) is 6.42 Å². The van der Waals surface area contributed by atoms with Gasteiger partial charge in [-0.3, -0.25) is 28.8 Å². The zero-order chi connectivity index (χ0) is 32.6. The molecule has 0 unspecified atom stereocenters. The molecule has 0 spiro atoms. The van der Waals surface area contributed by atoms with Crippen molar-refractivity contribution in [1.29, 1.82) is 0 Å². The van der Waals surface area contributed by atoms with E-state index in [-0.39, 0.29) is 18.8 Å². The molecule has 17 nitrogen and oxygen atoms in total. The van der Waals surface area contributed by atoms with Gasteiger partial charge < -0.3 is 53.4 Å². The molecule has 0 bridgehead atoms. The van der Waals surface area contributed by atoms with Gasteiger partial charge in [0.2, 0.25) is 29.5 Å². The van der Waals surface area contributed by atoms with Gasteiger partial charge >= 0.3 is 11.9 Å². The first-order valence-electron chi connectivity index (χ1n) is 13.6. The van der Waals surface area contributed by atoms with Gasteiger partial charge in [0.15, 0.2) is 0 Å². The number of nitrogens with two attached hydrogens (primary N) is 2. The standard InChI is InChI=1S/C25H45N7O10/c1-12(2)19(27)23(39)32-20(14(4)33)24(40)29-13(3)21(37)31-15(8-9-18(35)36)22(38)28-11-17(34)30-16(25(41)42)7-5-6-10-26/h12-16,19-20,33H,5-11,26-27H2,1-4H3,(H,28,38)(H,29,40)(H,30,34)(H,31,37)(H,32,39)(H,35,36)(H,41,42)/t13-,14+,15-,16-,19-,20-/m0/s1. The second-order valence-electron chi connectivity index (χ2n) is 10.2. The second-order valence-corrected chi connectivity index (χ2v) is 10.2. The van der Waals surface area contributed by atoms with Crippen molar-refractivity contribution in [2.24, 2.45) is 17.4 Å². The van der Waals surface area contributed by atoms with Crippen LogP contribution < -0.4 is 38.1 Å². The third-order valence-corrected chi connectivity index (χ3v) is 6.12. The van der Waals surface area contributed by atoms with Crippen molar-refractivity contribution >= 4 is 41.5 Å². The molecule has 6 atom stereocenters. The molecule has 0 rings (SSSR count). The van der Waals surface area contributed by atoms with Crippen molar-refractivity contribution in [2.45, 2.75) is 96.1 Å². The monoisotopic (exact) mass is 603 g/mol. The fraction of sp³-hybridized carbons (Fsp3) is 0.720. The number of carbonyl (C=O) groups is 7. The molecule has 0 heterocycles. The minimum absolute atomic E-state index is 0.122. The Morgan fingerprint density at radius 2 is 1.36 bits per heavy atom. The van der Waals surface area contributed by atoms with E-state index in [4.69, 9.17) is 16.6 Å². The molecule has 0 fully saturated rings. The van der Waals surface area contributed by atoms with Crippen molar-refractivity contribution < 1.29 is 48.9 Å². The van der Waals surface area contributed by atoms with Crippen LogP contribution in [0.25, 0.3) is 0 Å². The van der Waals surface area contributed by atoms with Gasteiger partial charge in [-0.05, 0) is 52.0 Å². The SMILES string of the molecule is CC(C)[C@H](N)C(=O)N[C@H](C(=O)N[C@@H](C)C(=O)N[C@@H](CCC(=O)O)C(=O)NCC(=O)N[C@@H](CCCCN)C(=O)O)[C@@H](C)O. The summed E-state index contributed by atoms with van der Waals surface area (Å²) >= 11 is 0. The maximum atomic E-state index is 12.8. The zero-order valence-corrected chi connectivity index (χ0v) is 24.3. The van der Waals surface area contributed by atoms with Crippen molar-refractivity contribution in [3.05, 3.63) is 0 Å². The normalized spacial score (nSPS) is 15.2. The molecule has 0 aromatic heterocycles. The van der Waals surface area contributed by atoms with Gasteiger partial charge in [0.25, 0.3) is 0 Å². The summed E-state index contributed by atoms with van der Waals surface area (Å²) in [6.45, 7) is 5.58. The first-order chi connectivity index (χ1) is 19.5. The maximum Gasteiger partial charge on any atom is 0.326 e. The molecule has 0 aromatic rings. The molecule has 42 heavy (non-hydrogen) atoms. The molecule has 0 aliphatic rings. The van der Waals surface area contributed by atoms with Gasteiger partial charge in [0.1, 0.15) is 24.2 Å². The largest absolute Gasteiger partial charge is 0.481 e. The number of nitrogens with one attached hydrogen (secondary N) is 5. The molecular formula is C25H45N7O10. The molecule has 240 valence electrons. The number of amides is 5. The third kappa shape index (κ3) is 14.7. The van der Waals surface area contributed by atoms with E-state index < -0.39 is 90.8 Å². The number of carbonyl (C=O) groups excluding carboxylic acids is 5. The number of unbranched alkanes of at least 4 members (excludes halogenated alkanes) is 1. The van der Waals surface area contributed by atoms with E-state index in [1.807, 2.05) is 0 Å². The number of rotatable bonds is 20. The lowest BCUT2D eigenvalue weighted by atomic mass is 10.0. The highest BCUT2D eigenvalue weighted by Crippen LogP contribution is 2.04. The Kier molecular flexibility index (Phi) is 17.6. The summed E-state index contributed by atoms with van der Waals surface area (Å²) in [6.07, 6.45) is -1.12.